The number of esters is 1. The third-order valence-corrected chi connectivity index (χ3v) is 7.66. The molecule has 2 aromatic carbocycles. The molecular weight excluding hydrogens is 713 g/mol. The molecule has 0 saturated heterocycles. The molecule has 0 N–H and O–H groups in total. The number of ether oxygens (including phenoxy) is 5. The van der Waals surface area contributed by atoms with Gasteiger partial charge in [-0.05, 0) is 67.5 Å². The quantitative estimate of drug-likeness (QED) is 0.0334. The number of hydrogen-bond donors (Lipinski definition) is 0. The van der Waals surface area contributed by atoms with Crippen LogP contribution in [0.1, 0.15) is 71.3 Å². The minimum Gasteiger partial charge on any atom is -0.493 e. The standard InChI is InChI=1S/C36H42F9NO6/c1-5-7-8-11-25-12-15-28(31(21-25)50-35(41,42)43)30-22-26-13-14-27(23-29(26)46(30)18-9-10-24(3)4)48-19-16-33(37,38)51-36(44,45)52-34(39,40)17-20-49-32(47)6-2/h6,12-15,21-24H,2,5,7-11,16-20H2,1,3-4H3. The molecule has 0 amide bonds. The number of alkyl halides is 9. The first-order chi connectivity index (χ1) is 24.2. The zero-order chi connectivity index (χ0) is 38.7. The van der Waals surface area contributed by atoms with Gasteiger partial charge in [0, 0.05) is 29.6 Å². The fourth-order valence-electron chi connectivity index (χ4n) is 5.26. The van der Waals surface area contributed by atoms with Gasteiger partial charge in [0.25, 0.3) is 0 Å². The van der Waals surface area contributed by atoms with Crippen molar-refractivity contribution in [3.63, 3.8) is 0 Å². The number of unbranched alkanes of at least 4 members (excludes halogenated alkanes) is 2. The van der Waals surface area contributed by atoms with Gasteiger partial charge in [0.15, 0.2) is 0 Å². The number of carbonyl (C=O) groups is 1. The van der Waals surface area contributed by atoms with Crippen molar-refractivity contribution in [2.45, 2.75) is 104 Å². The largest absolute Gasteiger partial charge is 0.573 e. The van der Waals surface area contributed by atoms with Crippen LogP contribution in [-0.2, 0) is 32.0 Å². The van der Waals surface area contributed by atoms with Crippen LogP contribution in [0.2, 0.25) is 0 Å². The number of aryl methyl sites for hydroxylation is 2. The summed E-state index contributed by atoms with van der Waals surface area (Å²) >= 11 is 0. The van der Waals surface area contributed by atoms with E-state index >= 15 is 0 Å². The smallest absolute Gasteiger partial charge is 0.493 e. The van der Waals surface area contributed by atoms with Gasteiger partial charge in [0.2, 0.25) is 0 Å². The minimum absolute atomic E-state index is 0.0136. The Labute approximate surface area is 295 Å². The summed E-state index contributed by atoms with van der Waals surface area (Å²) in [6.45, 7) is 7.46. The Balaban J connectivity index is 1.82. The molecule has 0 aliphatic carbocycles. The Bertz CT molecular complexity index is 1620. The lowest BCUT2D eigenvalue weighted by molar-refractivity contribution is -0.514. The van der Waals surface area contributed by atoms with Gasteiger partial charge in [-0.15, -0.1) is 22.0 Å². The van der Waals surface area contributed by atoms with Gasteiger partial charge in [-0.25, -0.2) is 14.3 Å². The molecule has 0 radical (unpaired) electrons. The van der Waals surface area contributed by atoms with Crippen molar-refractivity contribution in [2.75, 3.05) is 13.2 Å². The normalized spacial score (nSPS) is 12.8. The third kappa shape index (κ3) is 13.9. The van der Waals surface area contributed by atoms with Crippen LogP contribution in [-0.4, -0.2) is 48.6 Å². The maximum absolute atomic E-state index is 14.3. The predicted octanol–water partition coefficient (Wildman–Crippen LogP) is 11.0. The average molecular weight is 756 g/mol. The molecule has 1 heterocycles. The maximum Gasteiger partial charge on any atom is 0.573 e. The summed E-state index contributed by atoms with van der Waals surface area (Å²) in [7, 11) is 0. The van der Waals surface area contributed by atoms with Crippen molar-refractivity contribution in [1.29, 1.82) is 0 Å². The van der Waals surface area contributed by atoms with Crippen LogP contribution in [0.4, 0.5) is 39.5 Å². The van der Waals surface area contributed by atoms with Crippen LogP contribution in [0, 0.1) is 5.92 Å². The fraction of sp³-hybridized carbons (Fsp3) is 0.528. The molecular formula is C36H42F9NO6. The third-order valence-electron chi connectivity index (χ3n) is 7.66. The first-order valence-electron chi connectivity index (χ1n) is 16.7. The average Bonchev–Trinajstić information content (AvgIpc) is 3.36. The van der Waals surface area contributed by atoms with Gasteiger partial charge in [-0.3, -0.25) is 0 Å². The number of nitrogens with zero attached hydrogens (tertiary/aromatic N) is 1. The van der Waals surface area contributed by atoms with Gasteiger partial charge in [0.1, 0.15) is 11.5 Å². The van der Waals surface area contributed by atoms with E-state index in [9.17, 15) is 44.3 Å². The second kappa shape index (κ2) is 18.2. The van der Waals surface area contributed by atoms with Gasteiger partial charge in [0.05, 0.1) is 37.3 Å². The van der Waals surface area contributed by atoms with E-state index in [-0.39, 0.29) is 17.1 Å². The van der Waals surface area contributed by atoms with Crippen LogP contribution in [0.15, 0.2) is 55.1 Å². The second-order valence-electron chi connectivity index (χ2n) is 12.4. The van der Waals surface area contributed by atoms with E-state index in [1.54, 1.807) is 28.8 Å². The summed E-state index contributed by atoms with van der Waals surface area (Å²) < 4.78 is 147. The zero-order valence-corrected chi connectivity index (χ0v) is 29.0. The molecule has 3 aromatic rings. The number of hydrogen-bond acceptors (Lipinski definition) is 6. The number of carbonyl (C=O) groups excluding carboxylic acids is 1. The van der Waals surface area contributed by atoms with E-state index < -0.39 is 56.9 Å². The predicted molar refractivity (Wildman–Crippen MR) is 174 cm³/mol. The van der Waals surface area contributed by atoms with Crippen LogP contribution in [0.3, 0.4) is 0 Å². The van der Waals surface area contributed by atoms with Crippen LogP contribution < -0.4 is 9.47 Å². The minimum atomic E-state index is -5.44. The van der Waals surface area contributed by atoms with Crippen molar-refractivity contribution in [3.05, 3.63) is 60.7 Å². The first kappa shape index (κ1) is 42.5. The molecule has 0 spiro atoms. The molecule has 3 rings (SSSR count). The number of aromatic nitrogens is 1. The van der Waals surface area contributed by atoms with E-state index in [0.29, 0.717) is 53.5 Å². The summed E-state index contributed by atoms with van der Waals surface area (Å²) in [5.74, 6) is -1.15. The lowest BCUT2D eigenvalue weighted by Gasteiger charge is -2.26. The van der Waals surface area contributed by atoms with Crippen molar-refractivity contribution >= 4 is 16.9 Å². The summed E-state index contributed by atoms with van der Waals surface area (Å²) in [6, 6.07) is 10.8. The molecule has 7 nitrogen and oxygen atoms in total. The van der Waals surface area contributed by atoms with Gasteiger partial charge < -0.3 is 18.8 Å². The summed E-state index contributed by atoms with van der Waals surface area (Å²) in [5.41, 5.74) is 1.77. The van der Waals surface area contributed by atoms with Crippen molar-refractivity contribution in [3.8, 4) is 22.8 Å². The van der Waals surface area contributed by atoms with Crippen molar-refractivity contribution in [2.24, 2.45) is 5.92 Å². The molecule has 1 aromatic heterocycles. The van der Waals surface area contributed by atoms with Crippen molar-refractivity contribution in [1.82, 2.24) is 4.57 Å². The van der Waals surface area contributed by atoms with E-state index in [0.717, 1.165) is 25.7 Å². The molecule has 0 aliphatic rings. The van der Waals surface area contributed by atoms with Gasteiger partial charge >= 0.3 is 30.8 Å². The highest BCUT2D eigenvalue weighted by atomic mass is 19.4. The SMILES string of the molecule is C=CC(=O)OCCC(F)(F)OC(F)(F)OC(F)(F)CCOc1ccc2cc(-c3ccc(CCCCC)cc3OC(F)(F)F)n(CCCC(C)C)c2c1. The molecule has 52 heavy (non-hydrogen) atoms. The zero-order valence-electron chi connectivity index (χ0n) is 29.0. The van der Waals surface area contributed by atoms with Gasteiger partial charge in [-0.2, -0.15) is 17.6 Å². The Morgan fingerprint density at radius 3 is 2.15 bits per heavy atom. The lowest BCUT2D eigenvalue weighted by Crippen LogP contribution is -2.41. The van der Waals surface area contributed by atoms with E-state index in [2.05, 4.69) is 25.5 Å². The Hall–Kier alpha value is -3.92. The maximum atomic E-state index is 14.3. The fourth-order valence-corrected chi connectivity index (χ4v) is 5.26. The molecule has 16 heteroatoms. The molecule has 0 unspecified atom stereocenters. The molecule has 0 bridgehead atoms. The Kier molecular flexibility index (Phi) is 14.9. The molecule has 0 atom stereocenters. The lowest BCUT2D eigenvalue weighted by atomic mass is 10.0. The van der Waals surface area contributed by atoms with Gasteiger partial charge in [-0.1, -0.05) is 46.3 Å². The number of benzene rings is 2. The highest BCUT2D eigenvalue weighted by molar-refractivity contribution is 5.89. The van der Waals surface area contributed by atoms with Crippen LogP contribution in [0.5, 0.6) is 11.5 Å². The molecule has 0 saturated carbocycles. The van der Waals surface area contributed by atoms with E-state index in [1.165, 1.54) is 18.2 Å². The van der Waals surface area contributed by atoms with Crippen LogP contribution >= 0.6 is 0 Å². The van der Waals surface area contributed by atoms with Crippen LogP contribution in [0.25, 0.3) is 22.2 Å². The highest BCUT2D eigenvalue weighted by Crippen LogP contribution is 2.40. The second-order valence-corrected chi connectivity index (χ2v) is 12.4. The summed E-state index contributed by atoms with van der Waals surface area (Å²) in [4.78, 5) is 10.9. The number of rotatable bonds is 22. The highest BCUT2D eigenvalue weighted by Gasteiger charge is 2.52. The van der Waals surface area contributed by atoms with E-state index in [4.69, 9.17) is 4.74 Å². The monoisotopic (exact) mass is 755 g/mol. The summed E-state index contributed by atoms with van der Waals surface area (Å²) in [6.07, 6.45) is -17.6. The van der Waals surface area contributed by atoms with Crippen molar-refractivity contribution < 1.29 is 68.0 Å². The molecule has 0 fully saturated rings. The Morgan fingerprint density at radius 2 is 1.54 bits per heavy atom. The molecule has 0 aliphatic heterocycles. The number of halogens is 9. The first-order valence-corrected chi connectivity index (χ1v) is 16.7. The topological polar surface area (TPSA) is 68.2 Å². The number of fused-ring (bicyclic) bond motifs is 1. The molecule has 290 valence electrons. The Morgan fingerprint density at radius 1 is 0.865 bits per heavy atom. The summed E-state index contributed by atoms with van der Waals surface area (Å²) in [5, 5.41) is 0.586. The van der Waals surface area contributed by atoms with E-state index in [1.807, 2.05) is 20.8 Å².